The van der Waals surface area contributed by atoms with Crippen LogP contribution in [0.4, 0.5) is 0 Å². The molecule has 0 atom stereocenters. The fraction of sp³-hybridized carbons (Fsp3) is 0. The Morgan fingerprint density at radius 2 is 2.24 bits per heavy atom. The summed E-state index contributed by atoms with van der Waals surface area (Å²) in [6, 6.07) is 3.19. The highest BCUT2D eigenvalue weighted by Gasteiger charge is 2.04. The lowest BCUT2D eigenvalue weighted by molar-refractivity contribution is 0.439. The number of rotatable bonds is 3. The molecule has 17 heavy (non-hydrogen) atoms. The lowest BCUT2D eigenvalue weighted by atomic mass is 10.4. The predicted octanol–water partition coefficient (Wildman–Crippen LogP) is 1.60. The topological polar surface area (TPSA) is 97.8 Å². The fourth-order valence-electron chi connectivity index (χ4n) is 1.09. The van der Waals surface area contributed by atoms with E-state index in [9.17, 15) is 0 Å². The van der Waals surface area contributed by atoms with Crippen molar-refractivity contribution in [3.8, 4) is 11.8 Å². The van der Waals surface area contributed by atoms with Gasteiger partial charge in [-0.2, -0.15) is 4.98 Å². The maximum absolute atomic E-state index is 7.24. The van der Waals surface area contributed by atoms with Crippen LogP contribution in [-0.2, 0) is 0 Å². The number of nitrogens with one attached hydrogen (secondary N) is 1. The standard InChI is InChI=1S/C10H8ClN5O/c11-6-3-7(5-14-4-6)17-10-15-2-1-8(16-10)9(12)13/h1-5H,(H3,12,13). The predicted molar refractivity (Wildman–Crippen MR) is 62.4 cm³/mol. The SMILES string of the molecule is N=C(N)c1ccnc(Oc2cncc(Cl)c2)n1. The van der Waals surface area contributed by atoms with Crippen molar-refractivity contribution in [2.45, 2.75) is 0 Å². The van der Waals surface area contributed by atoms with Gasteiger partial charge in [0.2, 0.25) is 0 Å². The number of nitrogens with two attached hydrogens (primary N) is 1. The minimum Gasteiger partial charge on any atom is -0.423 e. The third kappa shape index (κ3) is 2.88. The van der Waals surface area contributed by atoms with E-state index in [1.165, 1.54) is 24.7 Å². The van der Waals surface area contributed by atoms with Crippen molar-refractivity contribution in [3.63, 3.8) is 0 Å². The molecule has 2 aromatic rings. The van der Waals surface area contributed by atoms with E-state index in [-0.39, 0.29) is 11.8 Å². The second kappa shape index (κ2) is 4.75. The first kappa shape index (κ1) is 11.3. The number of ether oxygens (including phenoxy) is 1. The van der Waals surface area contributed by atoms with Crippen LogP contribution >= 0.6 is 11.6 Å². The zero-order valence-corrected chi connectivity index (χ0v) is 9.35. The molecule has 0 radical (unpaired) electrons. The van der Waals surface area contributed by atoms with Gasteiger partial charge in [-0.25, -0.2) is 4.98 Å². The molecule has 0 fully saturated rings. The Morgan fingerprint density at radius 1 is 1.41 bits per heavy atom. The Labute approximate surface area is 102 Å². The summed E-state index contributed by atoms with van der Waals surface area (Å²) in [5, 5.41) is 7.69. The normalized spacial score (nSPS) is 9.94. The molecule has 2 rings (SSSR count). The Kier molecular flexibility index (Phi) is 3.15. The van der Waals surface area contributed by atoms with Crippen molar-refractivity contribution >= 4 is 17.4 Å². The minimum atomic E-state index is -0.151. The summed E-state index contributed by atoms with van der Waals surface area (Å²) in [4.78, 5) is 11.7. The molecule has 3 N–H and O–H groups in total. The summed E-state index contributed by atoms with van der Waals surface area (Å²) in [6.07, 6.45) is 4.42. The van der Waals surface area contributed by atoms with E-state index in [1.54, 1.807) is 6.07 Å². The molecule has 2 heterocycles. The minimum absolute atomic E-state index is 0.0850. The van der Waals surface area contributed by atoms with Crippen molar-refractivity contribution in [2.24, 2.45) is 5.73 Å². The monoisotopic (exact) mass is 249 g/mol. The Hall–Kier alpha value is -2.21. The Balaban J connectivity index is 2.24. The van der Waals surface area contributed by atoms with Crippen LogP contribution in [0.25, 0.3) is 0 Å². The van der Waals surface area contributed by atoms with E-state index in [2.05, 4.69) is 15.0 Å². The van der Waals surface area contributed by atoms with E-state index in [1.807, 2.05) is 0 Å². The van der Waals surface area contributed by atoms with Crippen LogP contribution in [0.1, 0.15) is 5.69 Å². The summed E-state index contributed by atoms with van der Waals surface area (Å²) < 4.78 is 5.33. The number of halogens is 1. The lowest BCUT2D eigenvalue weighted by Gasteiger charge is -2.04. The van der Waals surface area contributed by atoms with Gasteiger partial charge in [-0.1, -0.05) is 11.6 Å². The molecule has 0 aromatic carbocycles. The average molecular weight is 250 g/mol. The zero-order chi connectivity index (χ0) is 12.3. The fourth-order valence-corrected chi connectivity index (χ4v) is 1.26. The molecule has 86 valence electrons. The van der Waals surface area contributed by atoms with Crippen LogP contribution in [0.5, 0.6) is 11.8 Å². The number of pyridine rings is 1. The Bertz CT molecular complexity index is 560. The first-order valence-electron chi connectivity index (χ1n) is 4.61. The van der Waals surface area contributed by atoms with Gasteiger partial charge in [0.1, 0.15) is 11.5 Å². The van der Waals surface area contributed by atoms with Crippen molar-refractivity contribution in [1.29, 1.82) is 5.41 Å². The van der Waals surface area contributed by atoms with Gasteiger partial charge >= 0.3 is 6.01 Å². The molecule has 0 saturated carbocycles. The number of hydrogen-bond acceptors (Lipinski definition) is 5. The number of amidine groups is 1. The highest BCUT2D eigenvalue weighted by Crippen LogP contribution is 2.19. The molecule has 0 saturated heterocycles. The van der Waals surface area contributed by atoms with Crippen LogP contribution in [0.3, 0.4) is 0 Å². The number of nitrogens with zero attached hydrogens (tertiary/aromatic N) is 3. The van der Waals surface area contributed by atoms with Crippen LogP contribution < -0.4 is 10.5 Å². The molecule has 7 heteroatoms. The molecule has 0 unspecified atom stereocenters. The van der Waals surface area contributed by atoms with Gasteiger partial charge in [0, 0.05) is 18.5 Å². The molecular weight excluding hydrogens is 242 g/mol. The zero-order valence-electron chi connectivity index (χ0n) is 8.59. The van der Waals surface area contributed by atoms with Gasteiger partial charge in [-0.3, -0.25) is 10.4 Å². The number of nitrogen functional groups attached to an aromatic ring is 1. The summed E-state index contributed by atoms with van der Waals surface area (Å²) >= 11 is 5.76. The van der Waals surface area contributed by atoms with E-state index >= 15 is 0 Å². The molecule has 0 aliphatic rings. The molecule has 0 aliphatic heterocycles. The lowest BCUT2D eigenvalue weighted by Crippen LogP contribution is -2.13. The van der Waals surface area contributed by atoms with Gasteiger partial charge < -0.3 is 10.5 Å². The third-order valence-corrected chi connectivity index (χ3v) is 2.01. The molecule has 2 aromatic heterocycles. The molecule has 0 amide bonds. The first-order chi connectivity index (χ1) is 8.15. The van der Waals surface area contributed by atoms with Gasteiger partial charge in [0.05, 0.1) is 11.2 Å². The molecular formula is C10H8ClN5O. The summed E-state index contributed by atoms with van der Waals surface area (Å²) in [6.45, 7) is 0. The Morgan fingerprint density at radius 3 is 2.94 bits per heavy atom. The van der Waals surface area contributed by atoms with Gasteiger partial charge in [0.25, 0.3) is 0 Å². The maximum atomic E-state index is 7.24. The van der Waals surface area contributed by atoms with E-state index < -0.39 is 0 Å². The smallest absolute Gasteiger partial charge is 0.322 e. The number of aromatic nitrogens is 3. The second-order valence-corrected chi connectivity index (χ2v) is 3.52. The van der Waals surface area contributed by atoms with Crippen LogP contribution in [-0.4, -0.2) is 20.8 Å². The maximum Gasteiger partial charge on any atom is 0.322 e. The number of hydrogen-bond donors (Lipinski definition) is 2. The van der Waals surface area contributed by atoms with Gasteiger partial charge in [0.15, 0.2) is 5.75 Å². The van der Waals surface area contributed by atoms with E-state index in [0.717, 1.165) is 0 Å². The van der Waals surface area contributed by atoms with Crippen LogP contribution in [0.2, 0.25) is 5.02 Å². The van der Waals surface area contributed by atoms with E-state index in [0.29, 0.717) is 16.5 Å². The highest BCUT2D eigenvalue weighted by molar-refractivity contribution is 6.30. The molecule has 0 spiro atoms. The molecule has 0 aliphatic carbocycles. The van der Waals surface area contributed by atoms with Crippen molar-refractivity contribution in [2.75, 3.05) is 0 Å². The molecule has 6 nitrogen and oxygen atoms in total. The van der Waals surface area contributed by atoms with Gasteiger partial charge in [-0.05, 0) is 6.07 Å². The van der Waals surface area contributed by atoms with Crippen LogP contribution in [0, 0.1) is 5.41 Å². The van der Waals surface area contributed by atoms with Crippen molar-refractivity contribution in [1.82, 2.24) is 15.0 Å². The summed E-state index contributed by atoms with van der Waals surface area (Å²) in [7, 11) is 0. The quantitative estimate of drug-likeness (QED) is 0.636. The summed E-state index contributed by atoms with van der Waals surface area (Å²) in [5.74, 6) is 0.264. The largest absolute Gasteiger partial charge is 0.423 e. The summed E-state index contributed by atoms with van der Waals surface area (Å²) in [5.41, 5.74) is 5.60. The first-order valence-corrected chi connectivity index (χ1v) is 4.99. The van der Waals surface area contributed by atoms with Gasteiger partial charge in [-0.15, -0.1) is 0 Å². The third-order valence-electron chi connectivity index (χ3n) is 1.80. The van der Waals surface area contributed by atoms with Crippen LogP contribution in [0.15, 0.2) is 30.7 Å². The second-order valence-electron chi connectivity index (χ2n) is 3.08. The van der Waals surface area contributed by atoms with Crippen molar-refractivity contribution in [3.05, 3.63) is 41.4 Å². The highest BCUT2D eigenvalue weighted by atomic mass is 35.5. The van der Waals surface area contributed by atoms with Crippen molar-refractivity contribution < 1.29 is 4.74 Å². The molecule has 0 bridgehead atoms. The average Bonchev–Trinajstić information content (AvgIpc) is 2.29. The van der Waals surface area contributed by atoms with E-state index in [4.69, 9.17) is 27.5 Å².